The van der Waals surface area contributed by atoms with Crippen LogP contribution in [-0.4, -0.2) is 32.8 Å². The van der Waals surface area contributed by atoms with Gasteiger partial charge in [0.2, 0.25) is 5.75 Å². The number of benzene rings is 2. The summed E-state index contributed by atoms with van der Waals surface area (Å²) in [6.07, 6.45) is 1.86. The van der Waals surface area contributed by atoms with Gasteiger partial charge in [0.05, 0.1) is 21.3 Å². The van der Waals surface area contributed by atoms with Gasteiger partial charge in [-0.1, -0.05) is 23.9 Å². The van der Waals surface area contributed by atoms with Crippen molar-refractivity contribution in [1.82, 2.24) is 0 Å². The van der Waals surface area contributed by atoms with E-state index in [2.05, 4.69) is 4.99 Å². The van der Waals surface area contributed by atoms with E-state index in [0.717, 1.165) is 0 Å². The van der Waals surface area contributed by atoms with Crippen LogP contribution in [0.4, 0.5) is 5.69 Å². The highest BCUT2D eigenvalue weighted by Gasteiger charge is 2.15. The van der Waals surface area contributed by atoms with Crippen molar-refractivity contribution in [3.8, 4) is 28.7 Å². The summed E-state index contributed by atoms with van der Waals surface area (Å²) in [7, 11) is 4.66. The average Bonchev–Trinajstić information content (AvgIpc) is 2.62. The molecule has 0 amide bonds. The molecule has 0 atom stereocenters. The highest BCUT2D eigenvalue weighted by atomic mass is 32.2. The fraction of sp³-hybridized carbons (Fsp3) is 0.235. The van der Waals surface area contributed by atoms with Gasteiger partial charge in [-0.3, -0.25) is 0 Å². The Bertz CT molecular complexity index is 709. The minimum absolute atomic E-state index is 0.455. The molecule has 6 nitrogen and oxygen atoms in total. The molecule has 0 bridgehead atoms. The van der Waals surface area contributed by atoms with E-state index >= 15 is 0 Å². The summed E-state index contributed by atoms with van der Waals surface area (Å²) < 4.78 is 21.9. The lowest BCUT2D eigenvalue weighted by Gasteiger charge is -2.15. The Labute approximate surface area is 145 Å². The van der Waals surface area contributed by atoms with E-state index < -0.39 is 0 Å². The van der Waals surface area contributed by atoms with Crippen molar-refractivity contribution in [3.63, 3.8) is 0 Å². The van der Waals surface area contributed by atoms with Crippen molar-refractivity contribution < 1.29 is 18.9 Å². The van der Waals surface area contributed by atoms with E-state index in [9.17, 15) is 0 Å². The Kier molecular flexibility index (Phi) is 6.20. The quantitative estimate of drug-likeness (QED) is 0.632. The van der Waals surface area contributed by atoms with Crippen molar-refractivity contribution in [2.24, 2.45) is 10.7 Å². The van der Waals surface area contributed by atoms with E-state index in [-0.39, 0.29) is 0 Å². The van der Waals surface area contributed by atoms with Crippen LogP contribution in [0, 0.1) is 0 Å². The monoisotopic (exact) mass is 348 g/mol. The molecule has 2 rings (SSSR count). The van der Waals surface area contributed by atoms with Crippen molar-refractivity contribution in [1.29, 1.82) is 0 Å². The molecular weight excluding hydrogens is 328 g/mol. The Balaban J connectivity index is 2.42. The highest BCUT2D eigenvalue weighted by Crippen LogP contribution is 2.43. The second kappa shape index (κ2) is 8.35. The maximum absolute atomic E-state index is 5.95. The zero-order chi connectivity index (χ0) is 17.5. The minimum atomic E-state index is 0.455. The molecule has 2 aromatic rings. The van der Waals surface area contributed by atoms with Crippen molar-refractivity contribution >= 4 is 22.6 Å². The molecule has 128 valence electrons. The number of para-hydroxylation sites is 2. The molecule has 0 saturated carbocycles. The van der Waals surface area contributed by atoms with Gasteiger partial charge in [0.25, 0.3) is 0 Å². The third-order valence-corrected chi connectivity index (χ3v) is 3.68. The van der Waals surface area contributed by atoms with E-state index in [4.69, 9.17) is 24.7 Å². The third-order valence-electron chi connectivity index (χ3n) is 3.17. The summed E-state index contributed by atoms with van der Waals surface area (Å²) in [5.41, 5.74) is 6.43. The fourth-order valence-electron chi connectivity index (χ4n) is 2.04. The molecule has 0 aliphatic rings. The van der Waals surface area contributed by atoms with Crippen LogP contribution < -0.4 is 24.7 Å². The van der Waals surface area contributed by atoms with Crippen LogP contribution in [0.1, 0.15) is 0 Å². The van der Waals surface area contributed by atoms with Gasteiger partial charge in [-0.05, 0) is 18.4 Å². The number of amidine groups is 1. The second-order valence-corrected chi connectivity index (χ2v) is 5.41. The normalized spacial score (nSPS) is 11.1. The molecule has 0 aromatic heterocycles. The summed E-state index contributed by atoms with van der Waals surface area (Å²) in [6, 6.07) is 10.8. The molecule has 0 fully saturated rings. The Morgan fingerprint density at radius 3 is 2.12 bits per heavy atom. The molecule has 0 unspecified atom stereocenters. The first-order valence-corrected chi connectivity index (χ1v) is 8.30. The van der Waals surface area contributed by atoms with Crippen LogP contribution in [0.5, 0.6) is 28.7 Å². The number of aliphatic imine (C=N–C) groups is 1. The Morgan fingerprint density at radius 2 is 1.58 bits per heavy atom. The lowest BCUT2D eigenvalue weighted by molar-refractivity contribution is 0.321. The summed E-state index contributed by atoms with van der Waals surface area (Å²) in [5.74, 6) is 2.64. The summed E-state index contributed by atoms with van der Waals surface area (Å²) >= 11 is 1.37. The lowest BCUT2D eigenvalue weighted by Crippen LogP contribution is -2.04. The van der Waals surface area contributed by atoms with Gasteiger partial charge < -0.3 is 24.7 Å². The Morgan fingerprint density at radius 1 is 0.958 bits per heavy atom. The number of methoxy groups -OCH3 is 3. The van der Waals surface area contributed by atoms with Gasteiger partial charge in [-0.25, -0.2) is 4.99 Å². The summed E-state index contributed by atoms with van der Waals surface area (Å²) in [6.45, 7) is 0. The minimum Gasteiger partial charge on any atom is -0.493 e. The smallest absolute Gasteiger partial charge is 0.203 e. The fourth-order valence-corrected chi connectivity index (χ4v) is 2.23. The number of hydrogen-bond donors (Lipinski definition) is 1. The van der Waals surface area contributed by atoms with E-state index in [0.29, 0.717) is 39.6 Å². The molecule has 0 saturated heterocycles. The number of ether oxygens (including phenoxy) is 4. The topological polar surface area (TPSA) is 75.3 Å². The number of nitrogens with zero attached hydrogens (tertiary/aromatic N) is 1. The molecule has 0 spiro atoms. The first-order valence-electron chi connectivity index (χ1n) is 7.08. The maximum atomic E-state index is 5.95. The van der Waals surface area contributed by atoms with Crippen molar-refractivity contribution in [2.45, 2.75) is 0 Å². The van der Waals surface area contributed by atoms with Gasteiger partial charge >= 0.3 is 0 Å². The van der Waals surface area contributed by atoms with Crippen LogP contribution >= 0.6 is 11.8 Å². The molecule has 0 radical (unpaired) electrons. The second-order valence-electron chi connectivity index (χ2n) is 4.58. The molecule has 7 heteroatoms. The highest BCUT2D eigenvalue weighted by molar-refractivity contribution is 8.13. The first kappa shape index (κ1) is 17.8. The first-order chi connectivity index (χ1) is 11.6. The van der Waals surface area contributed by atoms with E-state index in [1.807, 2.05) is 30.5 Å². The van der Waals surface area contributed by atoms with Gasteiger partial charge in [0.15, 0.2) is 22.4 Å². The number of hydrogen-bond acceptors (Lipinski definition) is 6. The standard InChI is InChI=1S/C17H20N2O4S/c1-20-14-9-11(10-15(21-2)16(14)22-3)23-13-8-6-5-7-12(13)19-17(18)24-4/h5-10H,1-4H3,(H2,18,19). The molecule has 0 heterocycles. The average molecular weight is 348 g/mol. The van der Waals surface area contributed by atoms with Crippen molar-refractivity contribution in [2.75, 3.05) is 27.6 Å². The number of thioether (sulfide) groups is 1. The molecule has 0 aliphatic carbocycles. The summed E-state index contributed by atoms with van der Waals surface area (Å²) in [5, 5.41) is 0.455. The third kappa shape index (κ3) is 4.05. The van der Waals surface area contributed by atoms with Gasteiger partial charge in [0.1, 0.15) is 11.4 Å². The zero-order valence-corrected chi connectivity index (χ0v) is 14.8. The molecular formula is C17H20N2O4S. The van der Waals surface area contributed by atoms with Crippen molar-refractivity contribution in [3.05, 3.63) is 36.4 Å². The van der Waals surface area contributed by atoms with Crippen LogP contribution in [0.15, 0.2) is 41.4 Å². The predicted molar refractivity (Wildman–Crippen MR) is 97.4 cm³/mol. The van der Waals surface area contributed by atoms with Gasteiger partial charge in [-0.15, -0.1) is 0 Å². The largest absolute Gasteiger partial charge is 0.493 e. The zero-order valence-electron chi connectivity index (χ0n) is 14.0. The predicted octanol–water partition coefficient (Wildman–Crippen LogP) is 3.81. The molecule has 2 N–H and O–H groups in total. The molecule has 0 aliphatic heterocycles. The molecule has 2 aromatic carbocycles. The van der Waals surface area contributed by atoms with Crippen LogP contribution in [0.3, 0.4) is 0 Å². The molecule has 24 heavy (non-hydrogen) atoms. The maximum Gasteiger partial charge on any atom is 0.203 e. The van der Waals surface area contributed by atoms with Gasteiger partial charge in [-0.2, -0.15) is 0 Å². The van der Waals surface area contributed by atoms with Crippen LogP contribution in [-0.2, 0) is 0 Å². The summed E-state index contributed by atoms with van der Waals surface area (Å²) in [4.78, 5) is 4.34. The van der Waals surface area contributed by atoms with Crippen LogP contribution in [0.25, 0.3) is 0 Å². The van der Waals surface area contributed by atoms with Crippen LogP contribution in [0.2, 0.25) is 0 Å². The lowest BCUT2D eigenvalue weighted by atomic mass is 10.2. The van der Waals surface area contributed by atoms with Gasteiger partial charge in [0, 0.05) is 12.1 Å². The van der Waals surface area contributed by atoms with E-state index in [1.54, 1.807) is 33.5 Å². The Hall–Kier alpha value is -2.54. The SMILES string of the molecule is COc1cc(Oc2ccccc2N=C(N)SC)cc(OC)c1OC. The van der Waals surface area contributed by atoms with E-state index in [1.165, 1.54) is 11.8 Å². The number of rotatable bonds is 6. The number of nitrogens with two attached hydrogens (primary N) is 1.